The summed E-state index contributed by atoms with van der Waals surface area (Å²) in [6, 6.07) is 0. The number of amides is 1. The molecule has 0 aromatic heterocycles. The summed E-state index contributed by atoms with van der Waals surface area (Å²) in [7, 11) is 5.03. The number of aliphatic imine (C=N–C) groups is 1. The summed E-state index contributed by atoms with van der Waals surface area (Å²) in [6.45, 7) is 5.80. The molecule has 0 saturated carbocycles. The molecule has 0 saturated heterocycles. The molecule has 18 heavy (non-hydrogen) atoms. The lowest BCUT2D eigenvalue weighted by Crippen LogP contribution is -2.47. The van der Waals surface area contributed by atoms with Crippen LogP contribution in [0.3, 0.4) is 0 Å². The van der Waals surface area contributed by atoms with Gasteiger partial charge in [-0.25, -0.2) is 0 Å². The fraction of sp³-hybridized carbons (Fsp3) is 0.833. The molecule has 0 aliphatic rings. The fourth-order valence-electron chi connectivity index (χ4n) is 1.37. The van der Waals surface area contributed by atoms with Crippen molar-refractivity contribution in [1.29, 1.82) is 0 Å². The highest BCUT2D eigenvalue weighted by molar-refractivity contribution is 5.84. The van der Waals surface area contributed by atoms with Gasteiger partial charge in [0.1, 0.15) is 0 Å². The molecule has 6 heteroatoms. The van der Waals surface area contributed by atoms with Gasteiger partial charge < -0.3 is 20.7 Å². The van der Waals surface area contributed by atoms with E-state index in [-0.39, 0.29) is 5.91 Å². The first kappa shape index (κ1) is 16.7. The monoisotopic (exact) mass is 258 g/mol. The van der Waals surface area contributed by atoms with Crippen molar-refractivity contribution in [3.8, 4) is 0 Å². The van der Waals surface area contributed by atoms with E-state index in [2.05, 4.69) is 20.9 Å². The average molecular weight is 258 g/mol. The van der Waals surface area contributed by atoms with Gasteiger partial charge >= 0.3 is 0 Å². The Labute approximate surface area is 110 Å². The highest BCUT2D eigenvalue weighted by atomic mass is 16.5. The van der Waals surface area contributed by atoms with Gasteiger partial charge in [-0.2, -0.15) is 0 Å². The third kappa shape index (κ3) is 6.44. The Morgan fingerprint density at radius 1 is 1.33 bits per heavy atom. The molecular weight excluding hydrogens is 232 g/mol. The average Bonchev–Trinajstić information content (AvgIpc) is 2.36. The fourth-order valence-corrected chi connectivity index (χ4v) is 1.37. The zero-order valence-electron chi connectivity index (χ0n) is 12.1. The molecule has 0 radical (unpaired) electrons. The molecule has 0 aromatic carbocycles. The molecule has 0 aliphatic heterocycles. The van der Waals surface area contributed by atoms with E-state index in [9.17, 15) is 4.79 Å². The Balaban J connectivity index is 4.04. The number of carbonyl (C=O) groups excluding carboxylic acids is 1. The van der Waals surface area contributed by atoms with E-state index in [1.807, 2.05) is 13.8 Å². The van der Waals surface area contributed by atoms with Crippen LogP contribution in [-0.2, 0) is 9.53 Å². The summed E-state index contributed by atoms with van der Waals surface area (Å²) in [4.78, 5) is 15.7. The molecule has 1 amide bonds. The third-order valence-corrected chi connectivity index (χ3v) is 2.58. The molecule has 0 bridgehead atoms. The lowest BCUT2D eigenvalue weighted by molar-refractivity contribution is -0.128. The van der Waals surface area contributed by atoms with Crippen LogP contribution in [0.4, 0.5) is 0 Å². The van der Waals surface area contributed by atoms with Crippen molar-refractivity contribution in [2.45, 2.75) is 20.3 Å². The molecule has 106 valence electrons. The van der Waals surface area contributed by atoms with Crippen molar-refractivity contribution in [2.24, 2.45) is 10.4 Å². The largest absolute Gasteiger partial charge is 0.385 e. The highest BCUT2D eigenvalue weighted by Crippen LogP contribution is 2.12. The van der Waals surface area contributed by atoms with Gasteiger partial charge in [0, 0.05) is 40.9 Å². The van der Waals surface area contributed by atoms with Gasteiger partial charge in [0.2, 0.25) is 5.91 Å². The summed E-state index contributed by atoms with van der Waals surface area (Å²) in [5.41, 5.74) is -0.473. The molecule has 0 rings (SSSR count). The summed E-state index contributed by atoms with van der Waals surface area (Å²) in [6.07, 6.45) is 0.913. The zero-order chi connectivity index (χ0) is 14.0. The smallest absolute Gasteiger partial charge is 0.227 e. The standard InChI is InChI=1S/C12H26N4O2/c1-12(2,10(17)13-3)9-16-11(14-4)15-7-6-8-18-5/h6-9H2,1-5H3,(H,13,17)(H2,14,15,16). The number of rotatable bonds is 7. The summed E-state index contributed by atoms with van der Waals surface area (Å²) < 4.78 is 4.96. The number of ether oxygens (including phenoxy) is 1. The van der Waals surface area contributed by atoms with Crippen LogP contribution in [0.2, 0.25) is 0 Å². The van der Waals surface area contributed by atoms with Gasteiger partial charge in [-0.3, -0.25) is 9.79 Å². The molecule has 0 heterocycles. The van der Waals surface area contributed by atoms with Crippen molar-refractivity contribution in [3.05, 3.63) is 0 Å². The van der Waals surface area contributed by atoms with Crippen LogP contribution in [-0.4, -0.2) is 52.8 Å². The number of carbonyl (C=O) groups is 1. The van der Waals surface area contributed by atoms with E-state index in [0.717, 1.165) is 13.0 Å². The predicted molar refractivity (Wildman–Crippen MR) is 73.7 cm³/mol. The summed E-state index contributed by atoms with van der Waals surface area (Å²) in [5.74, 6) is 0.702. The first-order chi connectivity index (χ1) is 8.47. The minimum Gasteiger partial charge on any atom is -0.385 e. The first-order valence-electron chi connectivity index (χ1n) is 6.13. The Kier molecular flexibility index (Phi) is 8.11. The minimum absolute atomic E-state index is 0.00448. The summed E-state index contributed by atoms with van der Waals surface area (Å²) >= 11 is 0. The SMILES string of the molecule is CN=C(NCCCOC)NCC(C)(C)C(=O)NC. The number of guanidine groups is 1. The second-order valence-electron chi connectivity index (χ2n) is 4.66. The number of hydrogen-bond donors (Lipinski definition) is 3. The number of nitrogens with zero attached hydrogens (tertiary/aromatic N) is 1. The van der Waals surface area contributed by atoms with Gasteiger partial charge in [-0.15, -0.1) is 0 Å². The van der Waals surface area contributed by atoms with Crippen LogP contribution >= 0.6 is 0 Å². The maximum absolute atomic E-state index is 11.6. The topological polar surface area (TPSA) is 74.8 Å². The maximum Gasteiger partial charge on any atom is 0.227 e. The predicted octanol–water partition coefficient (Wildman–Crippen LogP) is -0.0399. The van der Waals surface area contributed by atoms with Crippen LogP contribution in [0.1, 0.15) is 20.3 Å². The minimum atomic E-state index is -0.473. The Hall–Kier alpha value is -1.30. The van der Waals surface area contributed by atoms with Crippen molar-refractivity contribution in [1.82, 2.24) is 16.0 Å². The maximum atomic E-state index is 11.6. The summed E-state index contributed by atoms with van der Waals surface area (Å²) in [5, 5.41) is 8.95. The van der Waals surface area contributed by atoms with Crippen LogP contribution in [0.5, 0.6) is 0 Å². The van der Waals surface area contributed by atoms with Crippen molar-refractivity contribution in [3.63, 3.8) is 0 Å². The zero-order valence-corrected chi connectivity index (χ0v) is 12.1. The highest BCUT2D eigenvalue weighted by Gasteiger charge is 2.26. The number of methoxy groups -OCH3 is 1. The quantitative estimate of drug-likeness (QED) is 0.340. The number of nitrogens with one attached hydrogen (secondary N) is 3. The molecule has 6 nitrogen and oxygen atoms in total. The van der Waals surface area contributed by atoms with Crippen molar-refractivity contribution in [2.75, 3.05) is 40.9 Å². The first-order valence-corrected chi connectivity index (χ1v) is 6.13. The second kappa shape index (κ2) is 8.74. The van der Waals surface area contributed by atoms with Gasteiger partial charge in [-0.1, -0.05) is 0 Å². The van der Waals surface area contributed by atoms with E-state index >= 15 is 0 Å². The molecule has 0 aliphatic carbocycles. The van der Waals surface area contributed by atoms with Crippen LogP contribution in [0.15, 0.2) is 4.99 Å². The van der Waals surface area contributed by atoms with Crippen LogP contribution in [0.25, 0.3) is 0 Å². The van der Waals surface area contributed by atoms with E-state index in [1.165, 1.54) is 0 Å². The van der Waals surface area contributed by atoms with E-state index in [1.54, 1.807) is 21.2 Å². The van der Waals surface area contributed by atoms with Crippen LogP contribution < -0.4 is 16.0 Å². The van der Waals surface area contributed by atoms with Gasteiger partial charge in [0.15, 0.2) is 5.96 Å². The molecule has 0 atom stereocenters. The number of hydrogen-bond acceptors (Lipinski definition) is 3. The molecule has 0 spiro atoms. The Morgan fingerprint density at radius 3 is 2.50 bits per heavy atom. The van der Waals surface area contributed by atoms with E-state index < -0.39 is 5.41 Å². The lowest BCUT2D eigenvalue weighted by Gasteiger charge is -2.24. The van der Waals surface area contributed by atoms with E-state index in [4.69, 9.17) is 4.74 Å². The van der Waals surface area contributed by atoms with Gasteiger partial charge in [0.25, 0.3) is 0 Å². The normalized spacial score (nSPS) is 12.2. The van der Waals surface area contributed by atoms with Crippen molar-refractivity contribution >= 4 is 11.9 Å². The molecule has 0 aromatic rings. The van der Waals surface area contributed by atoms with E-state index in [0.29, 0.717) is 19.1 Å². The Morgan fingerprint density at radius 2 is 2.00 bits per heavy atom. The third-order valence-electron chi connectivity index (χ3n) is 2.58. The molecule has 0 unspecified atom stereocenters. The van der Waals surface area contributed by atoms with Gasteiger partial charge in [-0.05, 0) is 20.3 Å². The lowest BCUT2D eigenvalue weighted by atomic mass is 9.92. The second-order valence-corrected chi connectivity index (χ2v) is 4.66. The molecule has 3 N–H and O–H groups in total. The van der Waals surface area contributed by atoms with Crippen LogP contribution in [0, 0.1) is 5.41 Å². The molecule has 0 fully saturated rings. The van der Waals surface area contributed by atoms with Crippen molar-refractivity contribution < 1.29 is 9.53 Å². The Bertz CT molecular complexity index is 277. The van der Waals surface area contributed by atoms with Gasteiger partial charge in [0.05, 0.1) is 5.41 Å². The molecular formula is C12H26N4O2.